The molecule has 0 aliphatic rings. The van der Waals surface area contributed by atoms with E-state index in [1.165, 1.54) is 11.3 Å². The molecule has 0 aliphatic heterocycles. The minimum Gasteiger partial charge on any atom is -0.462 e. The Hall–Kier alpha value is -4.15. The normalized spacial score (nSPS) is 11.3. The molecular weight excluding hydrogens is 458 g/mol. The second kappa shape index (κ2) is 10.4. The van der Waals surface area contributed by atoms with Gasteiger partial charge in [0.05, 0.1) is 12.2 Å². The highest BCUT2D eigenvalue weighted by Crippen LogP contribution is 2.33. The maximum Gasteiger partial charge on any atom is 0.341 e. The number of hydrogen-bond acceptors (Lipinski definition) is 5. The monoisotopic (exact) mass is 483 g/mol. The molecule has 7 heteroatoms. The number of esters is 1. The number of nitriles is 1. The molecule has 0 saturated heterocycles. The number of anilines is 1. The standard InChI is InChI=1S/C28H25N3O3S/c1-4-34-28(33)25-18(2)19(3)35-27(25)30-26(32)21(15-29)14-22-17-31(16-20-10-6-5-7-11-20)24-13-9-8-12-23(22)24/h5-14,17H,4,16H2,1-3H3,(H,30,32). The third-order valence-corrected chi connectivity index (χ3v) is 6.89. The quantitative estimate of drug-likeness (QED) is 0.196. The average molecular weight is 484 g/mol. The van der Waals surface area contributed by atoms with E-state index in [4.69, 9.17) is 4.74 Å². The Labute approximate surface area is 208 Å². The lowest BCUT2D eigenvalue weighted by molar-refractivity contribution is -0.112. The van der Waals surface area contributed by atoms with Crippen LogP contribution in [0.1, 0.15) is 38.8 Å². The van der Waals surface area contributed by atoms with E-state index in [9.17, 15) is 14.9 Å². The van der Waals surface area contributed by atoms with Crippen molar-refractivity contribution in [2.75, 3.05) is 11.9 Å². The van der Waals surface area contributed by atoms with Crippen molar-refractivity contribution in [1.29, 1.82) is 5.26 Å². The molecule has 0 aliphatic carbocycles. The molecule has 2 heterocycles. The summed E-state index contributed by atoms with van der Waals surface area (Å²) in [7, 11) is 0. The summed E-state index contributed by atoms with van der Waals surface area (Å²) in [6, 6.07) is 20.0. The second-order valence-corrected chi connectivity index (χ2v) is 9.27. The molecule has 0 radical (unpaired) electrons. The number of fused-ring (bicyclic) bond motifs is 1. The highest BCUT2D eigenvalue weighted by Gasteiger charge is 2.23. The minimum atomic E-state index is -0.570. The lowest BCUT2D eigenvalue weighted by atomic mass is 10.1. The first kappa shape index (κ1) is 24.0. The summed E-state index contributed by atoms with van der Waals surface area (Å²) in [6.45, 7) is 6.32. The number of benzene rings is 2. The molecule has 176 valence electrons. The minimum absolute atomic E-state index is 0.0499. The van der Waals surface area contributed by atoms with Gasteiger partial charge in [-0.1, -0.05) is 48.5 Å². The van der Waals surface area contributed by atoms with E-state index in [-0.39, 0.29) is 12.2 Å². The summed E-state index contributed by atoms with van der Waals surface area (Å²) in [5.74, 6) is -1.06. The molecule has 6 nitrogen and oxygen atoms in total. The molecule has 2 aromatic heterocycles. The first-order valence-corrected chi connectivity index (χ1v) is 12.1. The molecule has 1 N–H and O–H groups in total. The number of rotatable bonds is 7. The van der Waals surface area contributed by atoms with Gasteiger partial charge in [-0.2, -0.15) is 5.26 Å². The van der Waals surface area contributed by atoms with Crippen molar-refractivity contribution in [1.82, 2.24) is 4.57 Å². The summed E-state index contributed by atoms with van der Waals surface area (Å²) in [5.41, 5.74) is 3.97. The SMILES string of the molecule is CCOC(=O)c1c(NC(=O)C(C#N)=Cc2cn(Cc3ccccc3)c3ccccc23)sc(C)c1C. The van der Waals surface area contributed by atoms with Gasteiger partial charge >= 0.3 is 5.97 Å². The second-order valence-electron chi connectivity index (χ2n) is 8.05. The maximum absolute atomic E-state index is 13.1. The molecule has 0 bridgehead atoms. The average Bonchev–Trinajstić information content (AvgIpc) is 3.34. The Balaban J connectivity index is 1.68. The predicted molar refractivity (Wildman–Crippen MR) is 139 cm³/mol. The fourth-order valence-electron chi connectivity index (χ4n) is 3.94. The number of aryl methyl sites for hydroxylation is 1. The highest BCUT2D eigenvalue weighted by molar-refractivity contribution is 7.16. The maximum atomic E-state index is 13.1. The molecule has 4 aromatic rings. The van der Waals surface area contributed by atoms with E-state index in [0.717, 1.165) is 32.5 Å². The van der Waals surface area contributed by atoms with E-state index >= 15 is 0 Å². The highest BCUT2D eigenvalue weighted by atomic mass is 32.1. The Kier molecular flexibility index (Phi) is 7.14. The molecule has 4 rings (SSSR count). The third kappa shape index (κ3) is 5.03. The lowest BCUT2D eigenvalue weighted by Gasteiger charge is -2.06. The van der Waals surface area contributed by atoms with Crippen LogP contribution in [0.3, 0.4) is 0 Å². The van der Waals surface area contributed by atoms with Gasteiger partial charge in [-0.05, 0) is 44.0 Å². The molecule has 35 heavy (non-hydrogen) atoms. The zero-order valence-electron chi connectivity index (χ0n) is 19.8. The summed E-state index contributed by atoms with van der Waals surface area (Å²) in [4.78, 5) is 26.4. The summed E-state index contributed by atoms with van der Waals surface area (Å²) >= 11 is 1.29. The topological polar surface area (TPSA) is 84.1 Å². The van der Waals surface area contributed by atoms with Crippen LogP contribution in [0.5, 0.6) is 0 Å². The Morgan fingerprint density at radius 1 is 1.11 bits per heavy atom. The summed E-state index contributed by atoms with van der Waals surface area (Å²) in [6.07, 6.45) is 3.54. The van der Waals surface area contributed by atoms with Gasteiger partial charge in [-0.25, -0.2) is 4.79 Å². The van der Waals surface area contributed by atoms with Crippen molar-refractivity contribution in [3.8, 4) is 6.07 Å². The molecular formula is C28H25N3O3S. The Bertz CT molecular complexity index is 1470. The van der Waals surface area contributed by atoms with E-state index in [2.05, 4.69) is 22.0 Å². The van der Waals surface area contributed by atoms with Crippen LogP contribution in [0.4, 0.5) is 5.00 Å². The Morgan fingerprint density at radius 2 is 1.83 bits per heavy atom. The van der Waals surface area contributed by atoms with Gasteiger partial charge in [0, 0.05) is 34.1 Å². The number of amides is 1. The van der Waals surface area contributed by atoms with Crippen molar-refractivity contribution < 1.29 is 14.3 Å². The fraction of sp³-hybridized carbons (Fsp3) is 0.179. The fourth-order valence-corrected chi connectivity index (χ4v) is 4.98. The van der Waals surface area contributed by atoms with Crippen LogP contribution in [-0.2, 0) is 16.1 Å². The van der Waals surface area contributed by atoms with Crippen LogP contribution < -0.4 is 5.32 Å². The van der Waals surface area contributed by atoms with Gasteiger partial charge in [-0.3, -0.25) is 4.79 Å². The number of hydrogen-bond donors (Lipinski definition) is 1. The molecule has 2 aromatic carbocycles. The van der Waals surface area contributed by atoms with Crippen LogP contribution in [0.2, 0.25) is 0 Å². The number of thiophene rings is 1. The molecule has 0 saturated carbocycles. The molecule has 1 amide bonds. The zero-order chi connectivity index (χ0) is 24.9. The Morgan fingerprint density at radius 3 is 2.54 bits per heavy atom. The molecule has 0 fully saturated rings. The zero-order valence-corrected chi connectivity index (χ0v) is 20.6. The largest absolute Gasteiger partial charge is 0.462 e. The van der Waals surface area contributed by atoms with Gasteiger partial charge in [0.15, 0.2) is 0 Å². The first-order valence-electron chi connectivity index (χ1n) is 11.2. The van der Waals surface area contributed by atoms with Crippen molar-refractivity contribution in [2.45, 2.75) is 27.3 Å². The number of nitrogens with one attached hydrogen (secondary N) is 1. The summed E-state index contributed by atoms with van der Waals surface area (Å²) < 4.78 is 7.27. The number of carbonyl (C=O) groups is 2. The van der Waals surface area contributed by atoms with E-state index in [1.807, 2.05) is 68.6 Å². The van der Waals surface area contributed by atoms with E-state index in [0.29, 0.717) is 17.1 Å². The van der Waals surface area contributed by atoms with Crippen molar-refractivity contribution in [2.24, 2.45) is 0 Å². The van der Waals surface area contributed by atoms with Crippen molar-refractivity contribution in [3.63, 3.8) is 0 Å². The van der Waals surface area contributed by atoms with E-state index in [1.54, 1.807) is 13.0 Å². The van der Waals surface area contributed by atoms with Gasteiger partial charge in [0.2, 0.25) is 0 Å². The molecule has 0 unspecified atom stereocenters. The van der Waals surface area contributed by atoms with Crippen LogP contribution in [0, 0.1) is 25.2 Å². The first-order chi connectivity index (χ1) is 16.9. The van der Waals surface area contributed by atoms with Crippen LogP contribution >= 0.6 is 11.3 Å². The number of ether oxygens (including phenoxy) is 1. The van der Waals surface area contributed by atoms with Gasteiger partial charge < -0.3 is 14.6 Å². The summed E-state index contributed by atoms with van der Waals surface area (Å²) in [5, 5.41) is 13.9. The van der Waals surface area contributed by atoms with Gasteiger partial charge in [0.25, 0.3) is 5.91 Å². The van der Waals surface area contributed by atoms with Gasteiger partial charge in [-0.15, -0.1) is 11.3 Å². The number of aromatic nitrogens is 1. The number of carbonyl (C=O) groups excluding carboxylic acids is 2. The van der Waals surface area contributed by atoms with Crippen molar-refractivity contribution in [3.05, 3.63) is 93.5 Å². The molecule has 0 atom stereocenters. The smallest absolute Gasteiger partial charge is 0.341 e. The predicted octanol–water partition coefficient (Wildman–Crippen LogP) is 6.09. The van der Waals surface area contributed by atoms with Crippen molar-refractivity contribution >= 4 is 45.2 Å². The van der Waals surface area contributed by atoms with Crippen LogP contribution in [-0.4, -0.2) is 23.1 Å². The lowest BCUT2D eigenvalue weighted by Crippen LogP contribution is -2.16. The van der Waals surface area contributed by atoms with Crippen LogP contribution in [0.25, 0.3) is 17.0 Å². The third-order valence-electron chi connectivity index (χ3n) is 5.77. The number of para-hydroxylation sites is 1. The van der Waals surface area contributed by atoms with E-state index < -0.39 is 11.9 Å². The van der Waals surface area contributed by atoms with Crippen LogP contribution in [0.15, 0.2) is 66.4 Å². The van der Waals surface area contributed by atoms with Gasteiger partial charge in [0.1, 0.15) is 16.6 Å². The number of nitrogens with zero attached hydrogens (tertiary/aromatic N) is 2. The molecule has 0 spiro atoms.